The summed E-state index contributed by atoms with van der Waals surface area (Å²) in [7, 11) is 0. The van der Waals surface area contributed by atoms with Gasteiger partial charge in [-0.1, -0.05) is 12.1 Å². The minimum absolute atomic E-state index is 0. The smallest absolute Gasteiger partial charge is 0.266 e. The van der Waals surface area contributed by atoms with Crippen molar-refractivity contribution in [3.63, 3.8) is 0 Å². The number of thiocarbonyl (C=S) groups is 1. The van der Waals surface area contributed by atoms with E-state index in [1.54, 1.807) is 24.3 Å². The van der Waals surface area contributed by atoms with E-state index < -0.39 is 0 Å². The predicted molar refractivity (Wildman–Crippen MR) is 60.4 cm³/mol. The number of imide groups is 1. The molecule has 90 valence electrons. The largest absolute Gasteiger partial charge is 1.00 e. The number of halogens is 1. The normalized spacial score (nSPS) is 13.1. The molecule has 2 amide bonds. The average molecular weight is 316 g/mol. The topological polar surface area (TPSA) is 77.1 Å². The number of carbonyl (C=O) groups is 2. The maximum atomic E-state index is 11.8. The first kappa shape index (κ1) is 13.8. The summed E-state index contributed by atoms with van der Waals surface area (Å²) in [5.74, 6) is -0.603. The van der Waals surface area contributed by atoms with Crippen LogP contribution in [0, 0.1) is 0 Å². The van der Waals surface area contributed by atoms with Gasteiger partial charge in [0, 0.05) is 12.2 Å². The molecule has 0 aliphatic carbocycles. The lowest BCUT2D eigenvalue weighted by molar-refractivity contribution is -0.215. The van der Waals surface area contributed by atoms with E-state index in [4.69, 9.17) is 12.2 Å². The monoisotopic (exact) mass is 315 g/mol. The zero-order valence-electron chi connectivity index (χ0n) is 8.77. The van der Waals surface area contributed by atoms with Crippen molar-refractivity contribution in [3.8, 4) is 0 Å². The minimum atomic E-state index is -0.302. The van der Waals surface area contributed by atoms with Crippen molar-refractivity contribution in [2.45, 2.75) is 0 Å². The van der Waals surface area contributed by atoms with Crippen LogP contribution in [0.25, 0.3) is 0 Å². The fourth-order valence-corrected chi connectivity index (χ4v) is 1.61. The van der Waals surface area contributed by atoms with Gasteiger partial charge in [-0.05, 0) is 12.1 Å². The molecule has 1 aliphatic heterocycles. The number of hydrogen-bond donors (Lipinski definition) is 2. The lowest BCUT2D eigenvalue weighted by Gasteiger charge is -2.12. The molecule has 1 aliphatic rings. The first-order chi connectivity index (χ1) is 7.61. The van der Waals surface area contributed by atoms with Crippen LogP contribution in [0.15, 0.2) is 24.3 Å². The van der Waals surface area contributed by atoms with Crippen LogP contribution in [-0.4, -0.2) is 28.5 Å². The first-order valence-electron chi connectivity index (χ1n) is 4.66. The van der Waals surface area contributed by atoms with Gasteiger partial charge in [-0.15, -0.1) is 0 Å². The van der Waals surface area contributed by atoms with Crippen LogP contribution in [0.4, 0.5) is 0 Å². The standard InChI is InChI=1S/C10H9N3O2S.BrH/c11-10(16)12-5-13-8(14)6-3-1-2-4-7(6)9(13)15;/h1-4H,5H2,(H3,11,12,16);1H. The molecule has 0 saturated carbocycles. The molecule has 1 aromatic carbocycles. The third-order valence-corrected chi connectivity index (χ3v) is 2.46. The number of benzene rings is 1. The van der Waals surface area contributed by atoms with Crippen LogP contribution in [0.3, 0.4) is 0 Å². The number of amides is 2. The second-order valence-electron chi connectivity index (χ2n) is 3.34. The summed E-state index contributed by atoms with van der Waals surface area (Å²) in [6.45, 7) is 0.0642. The van der Waals surface area contributed by atoms with Gasteiger partial charge < -0.3 is 28.0 Å². The molecule has 17 heavy (non-hydrogen) atoms. The van der Waals surface area contributed by atoms with Gasteiger partial charge in [-0.2, -0.15) is 0 Å². The fraction of sp³-hybridized carbons (Fsp3) is 0.100. The van der Waals surface area contributed by atoms with E-state index in [1.165, 1.54) is 0 Å². The van der Waals surface area contributed by atoms with Crippen molar-refractivity contribution in [1.29, 1.82) is 0 Å². The summed E-state index contributed by atoms with van der Waals surface area (Å²) in [5.41, 5.74) is 4.34. The summed E-state index contributed by atoms with van der Waals surface area (Å²) in [6, 6.07) is 6.73. The van der Waals surface area contributed by atoms with E-state index in [0.29, 0.717) is 16.2 Å². The summed E-state index contributed by atoms with van der Waals surface area (Å²) in [6.07, 6.45) is 0. The van der Waals surface area contributed by atoms with Crippen molar-refractivity contribution in [3.05, 3.63) is 35.4 Å². The molecule has 1 aromatic rings. The highest BCUT2D eigenvalue weighted by Gasteiger charge is 2.34. The van der Waals surface area contributed by atoms with Gasteiger partial charge in [0.15, 0.2) is 0 Å². The summed E-state index contributed by atoms with van der Waals surface area (Å²) < 4.78 is 0. The van der Waals surface area contributed by atoms with Crippen molar-refractivity contribution in [2.24, 2.45) is 0 Å². The molecule has 0 radical (unpaired) electrons. The highest BCUT2D eigenvalue weighted by Crippen LogP contribution is 2.21. The molecular weight excluding hydrogens is 306 g/mol. The molecule has 0 saturated heterocycles. The second-order valence-corrected chi connectivity index (χ2v) is 3.83. The SMILES string of the molecule is [Br-].[NH3+]C(=S)NCN1C(=O)c2ccccc2C1=O. The number of hydrogen-bond acceptors (Lipinski definition) is 3. The molecule has 5 nitrogen and oxygen atoms in total. The summed E-state index contributed by atoms with van der Waals surface area (Å²) in [4.78, 5) is 24.8. The Morgan fingerprint density at radius 3 is 2.12 bits per heavy atom. The number of fused-ring (bicyclic) bond motifs is 1. The second kappa shape index (κ2) is 5.35. The fourth-order valence-electron chi connectivity index (χ4n) is 1.55. The van der Waals surface area contributed by atoms with Gasteiger partial charge in [-0.3, -0.25) is 14.5 Å². The van der Waals surface area contributed by atoms with Crippen molar-refractivity contribution in [1.82, 2.24) is 10.2 Å². The number of nitrogens with one attached hydrogen (secondary N) is 1. The Balaban J connectivity index is 0.00000144. The molecule has 0 fully saturated rings. The van der Waals surface area contributed by atoms with Crippen LogP contribution in [-0.2, 0) is 0 Å². The molecule has 4 N–H and O–H groups in total. The highest BCUT2D eigenvalue weighted by molar-refractivity contribution is 7.79. The average Bonchev–Trinajstić information content (AvgIpc) is 2.50. The molecule has 0 unspecified atom stereocenters. The molecule has 0 aromatic heterocycles. The van der Waals surface area contributed by atoms with Gasteiger partial charge in [0.25, 0.3) is 16.9 Å². The number of carbonyl (C=O) groups excluding carboxylic acids is 2. The predicted octanol–water partition coefficient (Wildman–Crippen LogP) is -3.64. The van der Waals surface area contributed by atoms with E-state index in [-0.39, 0.29) is 35.5 Å². The van der Waals surface area contributed by atoms with Crippen LogP contribution in [0.5, 0.6) is 0 Å². The van der Waals surface area contributed by atoms with Crippen LogP contribution in [0.2, 0.25) is 0 Å². The van der Waals surface area contributed by atoms with Crippen LogP contribution >= 0.6 is 12.2 Å². The molecule has 1 heterocycles. The van der Waals surface area contributed by atoms with Gasteiger partial charge in [0.2, 0.25) is 0 Å². The van der Waals surface area contributed by atoms with E-state index in [2.05, 4.69) is 11.1 Å². The number of quaternary nitrogens is 1. The zero-order chi connectivity index (χ0) is 11.7. The van der Waals surface area contributed by atoms with E-state index in [9.17, 15) is 9.59 Å². The lowest BCUT2D eigenvalue weighted by Crippen LogP contribution is -3.00. The zero-order valence-corrected chi connectivity index (χ0v) is 11.2. The Morgan fingerprint density at radius 1 is 1.24 bits per heavy atom. The Labute approximate surface area is 114 Å². The maximum absolute atomic E-state index is 11.8. The van der Waals surface area contributed by atoms with Crippen molar-refractivity contribution >= 4 is 29.1 Å². The van der Waals surface area contributed by atoms with Gasteiger partial charge in [0.1, 0.15) is 6.67 Å². The van der Waals surface area contributed by atoms with Crippen LogP contribution in [0.1, 0.15) is 20.7 Å². The van der Waals surface area contributed by atoms with Crippen LogP contribution < -0.4 is 28.0 Å². The summed E-state index contributed by atoms with van der Waals surface area (Å²) >= 11 is 4.72. The van der Waals surface area contributed by atoms with E-state index in [0.717, 1.165) is 4.90 Å². The first-order valence-corrected chi connectivity index (χ1v) is 5.07. The third-order valence-electron chi connectivity index (χ3n) is 2.31. The Bertz CT molecular complexity index is 457. The van der Waals surface area contributed by atoms with E-state index >= 15 is 0 Å². The van der Waals surface area contributed by atoms with Gasteiger partial charge in [-0.25, -0.2) is 0 Å². The van der Waals surface area contributed by atoms with Crippen molar-refractivity contribution < 1.29 is 32.3 Å². The summed E-state index contributed by atoms with van der Waals surface area (Å²) in [5, 5.41) is 2.99. The maximum Gasteiger partial charge on any atom is 0.266 e. The molecule has 7 heteroatoms. The Hall–Kier alpha value is -1.31. The van der Waals surface area contributed by atoms with Gasteiger partial charge in [0.05, 0.1) is 11.1 Å². The molecule has 0 bridgehead atoms. The highest BCUT2D eigenvalue weighted by atomic mass is 79.9. The Morgan fingerprint density at radius 2 is 1.71 bits per heavy atom. The van der Waals surface area contributed by atoms with E-state index in [1.807, 2.05) is 0 Å². The third kappa shape index (κ3) is 2.51. The molecular formula is C10H10BrN3O2S. The number of nitrogens with zero attached hydrogens (tertiary/aromatic N) is 1. The Kier molecular flexibility index (Phi) is 4.33. The number of rotatable bonds is 2. The minimum Gasteiger partial charge on any atom is -1.00 e. The molecule has 0 atom stereocenters. The lowest BCUT2D eigenvalue weighted by atomic mass is 10.1. The molecule has 0 spiro atoms. The quantitative estimate of drug-likeness (QED) is 0.436. The van der Waals surface area contributed by atoms with Crippen molar-refractivity contribution in [2.75, 3.05) is 6.67 Å². The van der Waals surface area contributed by atoms with Gasteiger partial charge >= 0.3 is 0 Å². The molecule has 2 rings (SSSR count).